The van der Waals surface area contributed by atoms with Crippen LogP contribution in [-0.2, 0) is 13.0 Å². The van der Waals surface area contributed by atoms with Gasteiger partial charge in [-0.15, -0.1) is 0 Å². The van der Waals surface area contributed by atoms with Gasteiger partial charge in [-0.25, -0.2) is 0 Å². The van der Waals surface area contributed by atoms with Crippen molar-refractivity contribution in [3.63, 3.8) is 0 Å². The van der Waals surface area contributed by atoms with Crippen molar-refractivity contribution in [2.45, 2.75) is 13.0 Å². The Balaban J connectivity index is 1.97. The van der Waals surface area contributed by atoms with Crippen LogP contribution in [0.3, 0.4) is 0 Å². The smallest absolute Gasteiger partial charge is 0.0560 e. The second-order valence-electron chi connectivity index (χ2n) is 4.20. The minimum atomic E-state index is 0.474. The first-order valence-corrected chi connectivity index (χ1v) is 6.05. The molecule has 0 aliphatic carbocycles. The predicted octanol–water partition coefficient (Wildman–Crippen LogP) is 1.61. The first-order valence-electron chi connectivity index (χ1n) is 6.05. The molecule has 0 bridgehead atoms. The van der Waals surface area contributed by atoms with E-state index in [0.717, 1.165) is 30.0 Å². The lowest BCUT2D eigenvalue weighted by Gasteiger charge is -2.19. The summed E-state index contributed by atoms with van der Waals surface area (Å²) in [6.07, 6.45) is 4.56. The fraction of sp³-hybridized carbons (Fsp3) is 0.286. The van der Waals surface area contributed by atoms with E-state index in [-0.39, 0.29) is 0 Å². The molecule has 0 fully saturated rings. The minimum Gasteiger partial charge on any atom is -0.374 e. The second-order valence-corrected chi connectivity index (χ2v) is 4.20. The van der Waals surface area contributed by atoms with E-state index in [0.29, 0.717) is 6.54 Å². The lowest BCUT2D eigenvalue weighted by Crippen LogP contribution is -2.21. The number of hydrogen-bond donors (Lipinski definition) is 1. The van der Waals surface area contributed by atoms with Gasteiger partial charge >= 0.3 is 0 Å². The molecule has 94 valence electrons. The maximum Gasteiger partial charge on any atom is 0.0560 e. The Morgan fingerprint density at radius 1 is 1.11 bits per heavy atom. The number of nitrogens with zero attached hydrogens (tertiary/aromatic N) is 3. The maximum atomic E-state index is 5.59. The SMILES string of the molecule is CN(CCc1ccccn1)c1ccnc(CN)c1. The van der Waals surface area contributed by atoms with Crippen LogP contribution in [0.2, 0.25) is 0 Å². The number of aromatic nitrogens is 2. The fourth-order valence-corrected chi connectivity index (χ4v) is 1.77. The molecule has 2 N–H and O–H groups in total. The molecule has 0 spiro atoms. The Labute approximate surface area is 107 Å². The van der Waals surface area contributed by atoms with Crippen LogP contribution in [0.1, 0.15) is 11.4 Å². The summed E-state index contributed by atoms with van der Waals surface area (Å²) < 4.78 is 0. The Morgan fingerprint density at radius 3 is 2.67 bits per heavy atom. The van der Waals surface area contributed by atoms with Gasteiger partial charge in [0, 0.05) is 50.3 Å². The third kappa shape index (κ3) is 3.28. The van der Waals surface area contributed by atoms with Crippen LogP contribution >= 0.6 is 0 Å². The van der Waals surface area contributed by atoms with Gasteiger partial charge in [0.15, 0.2) is 0 Å². The molecule has 0 unspecified atom stereocenters. The molecule has 4 nitrogen and oxygen atoms in total. The van der Waals surface area contributed by atoms with Gasteiger partial charge in [-0.3, -0.25) is 9.97 Å². The van der Waals surface area contributed by atoms with Crippen LogP contribution in [0.4, 0.5) is 5.69 Å². The molecule has 0 atom stereocenters. The topological polar surface area (TPSA) is 55.0 Å². The number of pyridine rings is 2. The van der Waals surface area contributed by atoms with E-state index >= 15 is 0 Å². The third-order valence-electron chi connectivity index (χ3n) is 2.88. The van der Waals surface area contributed by atoms with E-state index in [1.807, 2.05) is 36.5 Å². The van der Waals surface area contributed by atoms with Gasteiger partial charge in [-0.2, -0.15) is 0 Å². The fourth-order valence-electron chi connectivity index (χ4n) is 1.77. The second kappa shape index (κ2) is 6.12. The average Bonchev–Trinajstić information content (AvgIpc) is 2.46. The Bertz CT molecular complexity index is 484. The summed E-state index contributed by atoms with van der Waals surface area (Å²) in [4.78, 5) is 10.7. The van der Waals surface area contributed by atoms with Crippen molar-refractivity contribution >= 4 is 5.69 Å². The first kappa shape index (κ1) is 12.5. The average molecular weight is 242 g/mol. The van der Waals surface area contributed by atoms with Crippen molar-refractivity contribution in [1.29, 1.82) is 0 Å². The highest BCUT2D eigenvalue weighted by molar-refractivity contribution is 5.45. The summed E-state index contributed by atoms with van der Waals surface area (Å²) in [5.74, 6) is 0. The van der Waals surface area contributed by atoms with Crippen LogP contribution in [0.5, 0.6) is 0 Å². The zero-order chi connectivity index (χ0) is 12.8. The summed E-state index contributed by atoms with van der Waals surface area (Å²) in [5, 5.41) is 0. The molecule has 2 aromatic heterocycles. The molecular weight excluding hydrogens is 224 g/mol. The molecule has 4 heteroatoms. The molecule has 0 aliphatic heterocycles. The molecule has 0 radical (unpaired) electrons. The first-order chi connectivity index (χ1) is 8.79. The third-order valence-corrected chi connectivity index (χ3v) is 2.88. The Kier molecular flexibility index (Phi) is 4.25. The number of hydrogen-bond acceptors (Lipinski definition) is 4. The zero-order valence-electron chi connectivity index (χ0n) is 10.6. The lowest BCUT2D eigenvalue weighted by molar-refractivity contribution is 0.848. The van der Waals surface area contributed by atoms with Crippen molar-refractivity contribution in [2.75, 3.05) is 18.5 Å². The lowest BCUT2D eigenvalue weighted by atomic mass is 10.2. The van der Waals surface area contributed by atoms with E-state index < -0.39 is 0 Å². The monoisotopic (exact) mass is 242 g/mol. The maximum absolute atomic E-state index is 5.59. The summed E-state index contributed by atoms with van der Waals surface area (Å²) in [6.45, 7) is 1.40. The summed E-state index contributed by atoms with van der Waals surface area (Å²) in [5.41, 5.74) is 8.76. The Morgan fingerprint density at radius 2 is 1.94 bits per heavy atom. The Hall–Kier alpha value is -1.94. The van der Waals surface area contributed by atoms with Crippen molar-refractivity contribution in [1.82, 2.24) is 9.97 Å². The highest BCUT2D eigenvalue weighted by Gasteiger charge is 2.03. The number of rotatable bonds is 5. The molecule has 0 saturated carbocycles. The summed E-state index contributed by atoms with van der Waals surface area (Å²) in [7, 11) is 2.07. The number of likely N-dealkylation sites (N-methyl/N-ethyl adjacent to an activating group) is 1. The van der Waals surface area contributed by atoms with E-state index in [1.165, 1.54) is 0 Å². The summed E-state index contributed by atoms with van der Waals surface area (Å²) >= 11 is 0. The van der Waals surface area contributed by atoms with E-state index in [1.54, 1.807) is 6.20 Å². The van der Waals surface area contributed by atoms with Gasteiger partial charge in [0.1, 0.15) is 0 Å². The number of anilines is 1. The van der Waals surface area contributed by atoms with Crippen LogP contribution in [0.15, 0.2) is 42.7 Å². The molecule has 18 heavy (non-hydrogen) atoms. The minimum absolute atomic E-state index is 0.474. The largest absolute Gasteiger partial charge is 0.374 e. The van der Waals surface area contributed by atoms with E-state index in [9.17, 15) is 0 Å². The quantitative estimate of drug-likeness (QED) is 0.865. The van der Waals surface area contributed by atoms with Gasteiger partial charge in [0.25, 0.3) is 0 Å². The highest BCUT2D eigenvalue weighted by Crippen LogP contribution is 2.13. The molecule has 0 aromatic carbocycles. The molecule has 0 aliphatic rings. The summed E-state index contributed by atoms with van der Waals surface area (Å²) in [6, 6.07) is 10.0. The molecule has 0 amide bonds. The molecule has 0 saturated heterocycles. The number of nitrogens with two attached hydrogens (primary N) is 1. The van der Waals surface area contributed by atoms with Crippen LogP contribution in [0, 0.1) is 0 Å². The van der Waals surface area contributed by atoms with E-state index in [4.69, 9.17) is 5.73 Å². The predicted molar refractivity (Wildman–Crippen MR) is 73.3 cm³/mol. The molecule has 2 heterocycles. The van der Waals surface area contributed by atoms with Crippen molar-refractivity contribution in [3.8, 4) is 0 Å². The van der Waals surface area contributed by atoms with E-state index in [2.05, 4.69) is 21.9 Å². The van der Waals surface area contributed by atoms with Gasteiger partial charge in [0.05, 0.1) is 5.69 Å². The van der Waals surface area contributed by atoms with Gasteiger partial charge in [-0.05, 0) is 24.3 Å². The van der Waals surface area contributed by atoms with Gasteiger partial charge in [-0.1, -0.05) is 6.07 Å². The highest BCUT2D eigenvalue weighted by atomic mass is 15.1. The normalized spacial score (nSPS) is 10.3. The van der Waals surface area contributed by atoms with Gasteiger partial charge in [0.2, 0.25) is 0 Å². The van der Waals surface area contributed by atoms with Crippen molar-refractivity contribution in [3.05, 3.63) is 54.1 Å². The standard InChI is InChI=1S/C14H18N4/c1-18(9-6-12-4-2-3-7-16-12)14-5-8-17-13(10-14)11-15/h2-5,7-8,10H,6,9,11,15H2,1H3. The molecule has 2 aromatic rings. The van der Waals surface area contributed by atoms with Gasteiger partial charge < -0.3 is 10.6 Å². The zero-order valence-corrected chi connectivity index (χ0v) is 10.6. The van der Waals surface area contributed by atoms with Crippen LogP contribution in [0.25, 0.3) is 0 Å². The molecule has 2 rings (SSSR count). The molecular formula is C14H18N4. The van der Waals surface area contributed by atoms with Crippen molar-refractivity contribution in [2.24, 2.45) is 5.73 Å². The van der Waals surface area contributed by atoms with Crippen molar-refractivity contribution < 1.29 is 0 Å². The van der Waals surface area contributed by atoms with Crippen LogP contribution < -0.4 is 10.6 Å². The van der Waals surface area contributed by atoms with Crippen LogP contribution in [-0.4, -0.2) is 23.6 Å².